The van der Waals surface area contributed by atoms with Gasteiger partial charge in [0.05, 0.1) is 5.52 Å². The molecule has 0 atom stereocenters. The number of hydrogen-bond donors (Lipinski definition) is 0. The first kappa shape index (κ1) is 10.6. The Morgan fingerprint density at radius 3 is 2.76 bits per heavy atom. The zero-order valence-electron chi connectivity index (χ0n) is 9.89. The molecule has 90 valence electrons. The lowest BCUT2D eigenvalue weighted by Gasteiger charge is -2.21. The van der Waals surface area contributed by atoms with Crippen LogP contribution in [0.25, 0.3) is 11.1 Å². The predicted molar refractivity (Wildman–Crippen MR) is 67.0 cm³/mol. The van der Waals surface area contributed by atoms with Crippen LogP contribution in [0.1, 0.15) is 32.1 Å². The fourth-order valence-corrected chi connectivity index (χ4v) is 2.81. The van der Waals surface area contributed by atoms with Gasteiger partial charge < -0.3 is 4.42 Å². The molecule has 2 aromatic rings. The van der Waals surface area contributed by atoms with Crippen LogP contribution in [0.2, 0.25) is 0 Å². The van der Waals surface area contributed by atoms with E-state index in [4.69, 9.17) is 4.42 Å². The van der Waals surface area contributed by atoms with Crippen LogP contribution in [0.15, 0.2) is 33.5 Å². The summed E-state index contributed by atoms with van der Waals surface area (Å²) in [6.45, 7) is 0.815. The van der Waals surface area contributed by atoms with Crippen LogP contribution in [0.4, 0.5) is 0 Å². The van der Waals surface area contributed by atoms with E-state index >= 15 is 0 Å². The van der Waals surface area contributed by atoms with E-state index in [1.807, 2.05) is 24.3 Å². The molecule has 3 rings (SSSR count). The van der Waals surface area contributed by atoms with Crippen molar-refractivity contribution in [1.29, 1.82) is 0 Å². The average molecular weight is 231 g/mol. The highest BCUT2D eigenvalue weighted by atomic mass is 16.4. The Hall–Kier alpha value is -1.51. The lowest BCUT2D eigenvalue weighted by molar-refractivity contribution is 0.312. The van der Waals surface area contributed by atoms with Crippen molar-refractivity contribution >= 4 is 11.1 Å². The van der Waals surface area contributed by atoms with Gasteiger partial charge in [-0.05, 0) is 30.9 Å². The van der Waals surface area contributed by atoms with Gasteiger partial charge in [0, 0.05) is 6.54 Å². The van der Waals surface area contributed by atoms with Crippen molar-refractivity contribution in [2.24, 2.45) is 5.92 Å². The first-order valence-corrected chi connectivity index (χ1v) is 6.43. The minimum atomic E-state index is -0.211. The van der Waals surface area contributed by atoms with Gasteiger partial charge in [0.15, 0.2) is 5.58 Å². The van der Waals surface area contributed by atoms with E-state index in [1.54, 1.807) is 4.57 Å². The smallest absolute Gasteiger partial charge is 0.408 e. The summed E-state index contributed by atoms with van der Waals surface area (Å²) in [6, 6.07) is 7.67. The summed E-state index contributed by atoms with van der Waals surface area (Å²) >= 11 is 0. The molecule has 1 saturated carbocycles. The number of aromatic nitrogens is 1. The summed E-state index contributed by atoms with van der Waals surface area (Å²) < 4.78 is 7.04. The van der Waals surface area contributed by atoms with Crippen molar-refractivity contribution in [2.45, 2.75) is 38.6 Å². The highest BCUT2D eigenvalue weighted by molar-refractivity contribution is 5.72. The molecule has 0 N–H and O–H groups in total. The molecule has 0 unspecified atom stereocenters. The molecule has 0 spiro atoms. The largest absolute Gasteiger partial charge is 0.419 e. The fourth-order valence-electron chi connectivity index (χ4n) is 2.81. The Morgan fingerprint density at radius 1 is 1.18 bits per heavy atom. The summed E-state index contributed by atoms with van der Waals surface area (Å²) in [5.41, 5.74) is 1.64. The van der Waals surface area contributed by atoms with Crippen LogP contribution < -0.4 is 5.76 Å². The van der Waals surface area contributed by atoms with Gasteiger partial charge >= 0.3 is 5.76 Å². The van der Waals surface area contributed by atoms with Crippen LogP contribution in [-0.2, 0) is 6.54 Å². The van der Waals surface area contributed by atoms with E-state index in [0.717, 1.165) is 12.1 Å². The predicted octanol–water partition coefficient (Wildman–Crippen LogP) is 3.17. The van der Waals surface area contributed by atoms with E-state index < -0.39 is 0 Å². The van der Waals surface area contributed by atoms with Crippen LogP contribution in [0, 0.1) is 5.92 Å². The molecule has 1 aromatic heterocycles. The molecule has 0 aliphatic heterocycles. The third kappa shape index (κ3) is 2.02. The van der Waals surface area contributed by atoms with Gasteiger partial charge in [-0.3, -0.25) is 4.57 Å². The summed E-state index contributed by atoms with van der Waals surface area (Å²) in [4.78, 5) is 11.8. The number of para-hydroxylation sites is 2. The summed E-state index contributed by atoms with van der Waals surface area (Å²) in [7, 11) is 0. The Kier molecular flexibility index (Phi) is 2.75. The molecule has 3 nitrogen and oxygen atoms in total. The second kappa shape index (κ2) is 4.40. The van der Waals surface area contributed by atoms with Gasteiger partial charge in [-0.1, -0.05) is 31.4 Å². The molecule has 0 amide bonds. The molecule has 1 aliphatic carbocycles. The fraction of sp³-hybridized carbons (Fsp3) is 0.500. The quantitative estimate of drug-likeness (QED) is 0.795. The van der Waals surface area contributed by atoms with Crippen molar-refractivity contribution in [3.05, 3.63) is 34.8 Å². The minimum Gasteiger partial charge on any atom is -0.408 e. The summed E-state index contributed by atoms with van der Waals surface area (Å²) in [5, 5.41) is 0. The average Bonchev–Trinajstić information content (AvgIpc) is 2.68. The lowest BCUT2D eigenvalue weighted by Crippen LogP contribution is -2.21. The molecule has 0 bridgehead atoms. The van der Waals surface area contributed by atoms with Crippen molar-refractivity contribution in [1.82, 2.24) is 4.57 Å². The second-order valence-electron chi connectivity index (χ2n) is 4.95. The SMILES string of the molecule is O=c1oc2ccccc2n1CC1CCCCC1. The van der Waals surface area contributed by atoms with Gasteiger partial charge in [-0.15, -0.1) is 0 Å². The molecule has 0 radical (unpaired) electrons. The zero-order chi connectivity index (χ0) is 11.7. The normalized spacial score (nSPS) is 17.6. The van der Waals surface area contributed by atoms with E-state index in [9.17, 15) is 4.79 Å². The monoisotopic (exact) mass is 231 g/mol. The van der Waals surface area contributed by atoms with Crippen molar-refractivity contribution < 1.29 is 4.42 Å². The van der Waals surface area contributed by atoms with Gasteiger partial charge in [-0.2, -0.15) is 0 Å². The first-order chi connectivity index (χ1) is 8.34. The maximum absolute atomic E-state index is 11.8. The number of nitrogens with zero attached hydrogens (tertiary/aromatic N) is 1. The van der Waals surface area contributed by atoms with E-state index in [0.29, 0.717) is 11.5 Å². The van der Waals surface area contributed by atoms with Crippen molar-refractivity contribution in [3.8, 4) is 0 Å². The highest BCUT2D eigenvalue weighted by Crippen LogP contribution is 2.25. The molecule has 17 heavy (non-hydrogen) atoms. The highest BCUT2D eigenvalue weighted by Gasteiger charge is 2.17. The zero-order valence-corrected chi connectivity index (χ0v) is 9.89. The number of oxazole rings is 1. The number of fused-ring (bicyclic) bond motifs is 1. The Bertz CT molecular complexity index is 561. The Balaban J connectivity index is 1.93. The maximum atomic E-state index is 11.8. The molecule has 1 fully saturated rings. The summed E-state index contributed by atoms with van der Waals surface area (Å²) in [5.74, 6) is 0.430. The molecular weight excluding hydrogens is 214 g/mol. The van der Waals surface area contributed by atoms with Gasteiger partial charge in [-0.25, -0.2) is 4.79 Å². The topological polar surface area (TPSA) is 35.1 Å². The number of rotatable bonds is 2. The minimum absolute atomic E-state index is 0.211. The van der Waals surface area contributed by atoms with Crippen LogP contribution >= 0.6 is 0 Å². The lowest BCUT2D eigenvalue weighted by atomic mass is 9.89. The summed E-state index contributed by atoms with van der Waals surface area (Å²) in [6.07, 6.45) is 6.43. The van der Waals surface area contributed by atoms with E-state index in [-0.39, 0.29) is 5.76 Å². The number of benzene rings is 1. The van der Waals surface area contributed by atoms with Gasteiger partial charge in [0.1, 0.15) is 0 Å². The van der Waals surface area contributed by atoms with Crippen LogP contribution in [0.3, 0.4) is 0 Å². The van der Waals surface area contributed by atoms with Crippen molar-refractivity contribution in [2.75, 3.05) is 0 Å². The molecule has 1 aliphatic rings. The molecule has 0 saturated heterocycles. The maximum Gasteiger partial charge on any atom is 0.419 e. The molecule has 1 heterocycles. The van der Waals surface area contributed by atoms with E-state index in [2.05, 4.69) is 0 Å². The third-order valence-corrected chi connectivity index (χ3v) is 3.74. The number of hydrogen-bond acceptors (Lipinski definition) is 2. The Labute approximate surface area is 100 Å². The standard InChI is InChI=1S/C14H17NO2/c16-14-15(10-11-6-2-1-3-7-11)12-8-4-5-9-13(12)17-14/h4-5,8-9,11H,1-3,6-7,10H2. The van der Waals surface area contributed by atoms with Gasteiger partial charge in [0.25, 0.3) is 0 Å². The molecule has 3 heteroatoms. The van der Waals surface area contributed by atoms with E-state index in [1.165, 1.54) is 32.1 Å². The molecule has 1 aromatic carbocycles. The van der Waals surface area contributed by atoms with Gasteiger partial charge in [0.2, 0.25) is 0 Å². The third-order valence-electron chi connectivity index (χ3n) is 3.74. The Morgan fingerprint density at radius 2 is 1.94 bits per heavy atom. The second-order valence-corrected chi connectivity index (χ2v) is 4.95. The van der Waals surface area contributed by atoms with Crippen molar-refractivity contribution in [3.63, 3.8) is 0 Å². The molecular formula is C14H17NO2. The first-order valence-electron chi connectivity index (χ1n) is 6.43. The van der Waals surface area contributed by atoms with Crippen LogP contribution in [0.5, 0.6) is 0 Å². The van der Waals surface area contributed by atoms with Crippen LogP contribution in [-0.4, -0.2) is 4.57 Å².